The van der Waals surface area contributed by atoms with Gasteiger partial charge in [-0.1, -0.05) is 54.1 Å². The minimum atomic E-state index is -4.26. The van der Waals surface area contributed by atoms with Gasteiger partial charge in [0.05, 0.1) is 19.5 Å². The van der Waals surface area contributed by atoms with Gasteiger partial charge in [0.1, 0.15) is 12.0 Å². The van der Waals surface area contributed by atoms with Crippen molar-refractivity contribution in [2.75, 3.05) is 67.5 Å². The molecule has 1 aliphatic heterocycles. The predicted molar refractivity (Wildman–Crippen MR) is 233 cm³/mol. The van der Waals surface area contributed by atoms with Crippen LogP contribution in [0.2, 0.25) is 5.02 Å². The molecule has 296 valence electrons. The Morgan fingerprint density at radius 1 is 0.965 bits per heavy atom. The number of thioether (sulfide) groups is 1. The van der Waals surface area contributed by atoms with E-state index < -0.39 is 14.9 Å². The van der Waals surface area contributed by atoms with E-state index in [0.717, 1.165) is 72.2 Å². The van der Waals surface area contributed by atoms with E-state index in [1.807, 2.05) is 74.1 Å². The van der Waals surface area contributed by atoms with Crippen LogP contribution in [-0.2, 0) is 16.6 Å². The molecule has 7 rings (SSSR count). The molecule has 57 heavy (non-hydrogen) atoms. The summed E-state index contributed by atoms with van der Waals surface area (Å²) in [6.07, 6.45) is 2.05. The van der Waals surface area contributed by atoms with E-state index in [1.54, 1.807) is 23.1 Å². The lowest BCUT2D eigenvalue weighted by atomic mass is 9.99. The van der Waals surface area contributed by atoms with E-state index in [-0.39, 0.29) is 28.1 Å². The molecule has 1 unspecified atom stereocenters. The van der Waals surface area contributed by atoms with Gasteiger partial charge in [0, 0.05) is 66.7 Å². The van der Waals surface area contributed by atoms with Crippen LogP contribution in [0, 0.1) is 10.1 Å². The minimum absolute atomic E-state index is 0.0892. The third kappa shape index (κ3) is 10.2. The molecule has 0 saturated carbocycles. The highest BCUT2D eigenvalue weighted by Gasteiger charge is 2.25. The summed E-state index contributed by atoms with van der Waals surface area (Å²) in [5, 5.41) is 18.8. The van der Waals surface area contributed by atoms with Crippen LogP contribution in [0.4, 0.5) is 22.9 Å². The lowest BCUT2D eigenvalue weighted by molar-refractivity contribution is -0.384. The standard InChI is InChI=1S/C41H43ClN8O4S3/c1-47(2)17-16-32(27-56-40-9-6-22-55-40)45-37-15-12-34(25-39(37)50(51)52)57(53,54)46-41-36-14-11-33(24-38(36)43-28-44-41)49-20-18-48(19-21-49)26-30-23-31(42)10-13-35(30)29-7-4-3-5-8-29/h3-15,22-25,28,32,45H,16-21,26-27H2,1-2H3,(H,43,44,46). The fraction of sp³-hybridized carbons (Fsp3) is 0.268. The highest BCUT2D eigenvalue weighted by Crippen LogP contribution is 2.33. The van der Waals surface area contributed by atoms with E-state index in [1.165, 1.54) is 29.6 Å². The van der Waals surface area contributed by atoms with Crippen LogP contribution >= 0.6 is 34.7 Å². The molecule has 12 nitrogen and oxygen atoms in total. The Labute approximate surface area is 346 Å². The lowest BCUT2D eigenvalue weighted by Gasteiger charge is -2.36. The molecule has 1 fully saturated rings. The molecule has 2 N–H and O–H groups in total. The first-order chi connectivity index (χ1) is 27.5. The summed E-state index contributed by atoms with van der Waals surface area (Å²) in [5.41, 5.74) is 5.00. The van der Waals surface area contributed by atoms with Crippen molar-refractivity contribution in [2.24, 2.45) is 0 Å². The topological polar surface area (TPSA) is 137 Å². The normalized spacial score (nSPS) is 14.2. The molecule has 1 aliphatic rings. The number of fused-ring (bicyclic) bond motifs is 1. The molecule has 3 heterocycles. The summed E-state index contributed by atoms with van der Waals surface area (Å²) in [7, 11) is -0.303. The summed E-state index contributed by atoms with van der Waals surface area (Å²) < 4.78 is 31.2. The van der Waals surface area contributed by atoms with Gasteiger partial charge in [0.15, 0.2) is 5.82 Å². The summed E-state index contributed by atoms with van der Waals surface area (Å²) in [5.74, 6) is 0.775. The van der Waals surface area contributed by atoms with E-state index in [0.29, 0.717) is 16.7 Å². The van der Waals surface area contributed by atoms with Crippen LogP contribution in [0.25, 0.3) is 22.0 Å². The van der Waals surface area contributed by atoms with E-state index in [2.05, 4.69) is 59.0 Å². The van der Waals surface area contributed by atoms with Crippen LogP contribution in [0.15, 0.2) is 118 Å². The molecule has 4 aromatic carbocycles. The number of halogens is 1. The second kappa shape index (κ2) is 18.2. The van der Waals surface area contributed by atoms with Crippen LogP contribution in [-0.4, -0.2) is 91.7 Å². The highest BCUT2D eigenvalue weighted by atomic mass is 35.5. The molecule has 6 aromatic rings. The number of nitrogens with zero attached hydrogens (tertiary/aromatic N) is 6. The number of rotatable bonds is 16. The van der Waals surface area contributed by atoms with Crippen molar-refractivity contribution in [1.82, 2.24) is 19.8 Å². The second-order valence-corrected chi connectivity index (χ2v) is 18.5. The van der Waals surface area contributed by atoms with Crippen LogP contribution in [0.3, 0.4) is 0 Å². The average Bonchev–Trinajstić information content (AvgIpc) is 3.73. The number of nitrogens with one attached hydrogen (secondary N) is 2. The number of thiophene rings is 1. The van der Waals surface area contributed by atoms with Crippen molar-refractivity contribution < 1.29 is 13.3 Å². The third-order valence-corrected chi connectivity index (χ3v) is 13.7. The van der Waals surface area contributed by atoms with Gasteiger partial charge in [-0.15, -0.1) is 23.1 Å². The molecular weight excluding hydrogens is 800 g/mol. The average molecular weight is 844 g/mol. The summed E-state index contributed by atoms with van der Waals surface area (Å²) >= 11 is 9.75. The molecule has 1 atom stereocenters. The van der Waals surface area contributed by atoms with E-state index in [4.69, 9.17) is 11.6 Å². The van der Waals surface area contributed by atoms with Crippen molar-refractivity contribution in [3.05, 3.63) is 129 Å². The summed E-state index contributed by atoms with van der Waals surface area (Å²) in [6, 6.07) is 30.0. The molecular formula is C41H43ClN8O4S3. The maximum Gasteiger partial charge on any atom is 0.293 e. The minimum Gasteiger partial charge on any atom is -0.376 e. The Hall–Kier alpha value is -4.77. The van der Waals surface area contributed by atoms with E-state index >= 15 is 0 Å². The van der Waals surface area contributed by atoms with Gasteiger partial charge in [-0.2, -0.15) is 0 Å². The number of anilines is 3. The van der Waals surface area contributed by atoms with Crippen LogP contribution in [0.5, 0.6) is 0 Å². The Morgan fingerprint density at radius 3 is 2.51 bits per heavy atom. The van der Waals surface area contributed by atoms with Crippen molar-refractivity contribution >= 4 is 78.5 Å². The molecule has 0 radical (unpaired) electrons. The Balaban J connectivity index is 1.03. The quantitative estimate of drug-likeness (QED) is 0.0551. The van der Waals surface area contributed by atoms with Gasteiger partial charge in [-0.25, -0.2) is 18.4 Å². The number of hydrogen-bond acceptors (Lipinski definition) is 12. The number of sulfonamides is 1. The smallest absolute Gasteiger partial charge is 0.293 e. The SMILES string of the molecule is CN(C)CCC(CSc1cccs1)Nc1ccc(S(=O)(=O)Nc2ncnc3cc(N4CCN(Cc5cc(Cl)ccc5-c5ccccc5)CC4)ccc23)cc1[N+](=O)[O-]. The first-order valence-corrected chi connectivity index (χ1v) is 22.2. The number of benzene rings is 4. The Bertz CT molecular complexity index is 2430. The van der Waals surface area contributed by atoms with Gasteiger partial charge in [0.25, 0.3) is 15.7 Å². The first kappa shape index (κ1) is 40.4. The molecule has 0 amide bonds. The number of piperazine rings is 1. The fourth-order valence-electron chi connectivity index (χ4n) is 6.82. The zero-order valence-electron chi connectivity index (χ0n) is 31.5. The van der Waals surface area contributed by atoms with Crippen molar-refractivity contribution in [3.8, 4) is 11.1 Å². The van der Waals surface area contributed by atoms with E-state index in [9.17, 15) is 18.5 Å². The predicted octanol–water partition coefficient (Wildman–Crippen LogP) is 8.57. The molecule has 2 aromatic heterocycles. The summed E-state index contributed by atoms with van der Waals surface area (Å²) in [4.78, 5) is 27.0. The fourth-order valence-corrected chi connectivity index (χ4v) is 9.94. The second-order valence-electron chi connectivity index (χ2n) is 14.1. The van der Waals surface area contributed by atoms with Gasteiger partial charge in [-0.3, -0.25) is 19.7 Å². The molecule has 0 aliphatic carbocycles. The van der Waals surface area contributed by atoms with Crippen LogP contribution < -0.4 is 14.9 Å². The number of nitro groups is 1. The van der Waals surface area contributed by atoms with Crippen molar-refractivity contribution in [1.29, 1.82) is 0 Å². The maximum absolute atomic E-state index is 13.7. The molecule has 0 bridgehead atoms. The number of nitro benzene ring substituents is 1. The molecule has 16 heteroatoms. The summed E-state index contributed by atoms with van der Waals surface area (Å²) in [6.45, 7) is 4.84. The number of hydrogen-bond donors (Lipinski definition) is 2. The Morgan fingerprint density at radius 2 is 1.77 bits per heavy atom. The number of aromatic nitrogens is 2. The highest BCUT2D eigenvalue weighted by molar-refractivity contribution is 8.01. The zero-order valence-corrected chi connectivity index (χ0v) is 34.8. The van der Waals surface area contributed by atoms with Gasteiger partial charge in [-0.05, 0) is 97.7 Å². The first-order valence-electron chi connectivity index (χ1n) is 18.5. The molecule has 1 saturated heterocycles. The van der Waals surface area contributed by atoms with Crippen molar-refractivity contribution in [3.63, 3.8) is 0 Å². The largest absolute Gasteiger partial charge is 0.376 e. The van der Waals surface area contributed by atoms with Crippen LogP contribution in [0.1, 0.15) is 12.0 Å². The lowest BCUT2D eigenvalue weighted by Crippen LogP contribution is -2.46. The monoisotopic (exact) mass is 842 g/mol. The maximum atomic E-state index is 13.7. The van der Waals surface area contributed by atoms with Gasteiger partial charge in [0.2, 0.25) is 0 Å². The molecule has 0 spiro atoms. The Kier molecular flexibility index (Phi) is 12.9. The third-order valence-electron chi connectivity index (χ3n) is 9.82. The van der Waals surface area contributed by atoms with Gasteiger partial charge < -0.3 is 15.1 Å². The van der Waals surface area contributed by atoms with Crippen molar-refractivity contribution in [2.45, 2.75) is 28.1 Å². The van der Waals surface area contributed by atoms with Gasteiger partial charge >= 0.3 is 0 Å². The zero-order chi connectivity index (χ0) is 39.9.